The Kier molecular flexibility index (Phi) is 8.75. The fourth-order valence-electron chi connectivity index (χ4n) is 4.50. The number of rotatable bonds is 8. The van der Waals surface area contributed by atoms with Crippen molar-refractivity contribution in [2.75, 3.05) is 13.1 Å². The Labute approximate surface area is 227 Å². The largest absolute Gasteiger partial charge is 0.456 e. The molecule has 13 heteroatoms. The number of nitrogens with zero attached hydrogens (tertiary/aromatic N) is 3. The van der Waals surface area contributed by atoms with E-state index in [1.807, 2.05) is 13.8 Å². The summed E-state index contributed by atoms with van der Waals surface area (Å²) in [4.78, 5) is 38.9. The first-order chi connectivity index (χ1) is 18.2. The minimum atomic E-state index is -4.64. The molecule has 1 aliphatic rings. The van der Waals surface area contributed by atoms with Gasteiger partial charge in [-0.25, -0.2) is 0 Å². The van der Waals surface area contributed by atoms with Crippen LogP contribution in [0.4, 0.5) is 18.9 Å². The van der Waals surface area contributed by atoms with Crippen LogP contribution in [0.1, 0.15) is 39.2 Å². The van der Waals surface area contributed by atoms with Crippen molar-refractivity contribution in [2.24, 2.45) is 11.8 Å². The lowest BCUT2D eigenvalue weighted by molar-refractivity contribution is -0.386. The molecule has 0 N–H and O–H groups in total. The van der Waals surface area contributed by atoms with Crippen LogP contribution in [0, 0.1) is 33.3 Å². The van der Waals surface area contributed by atoms with E-state index in [-0.39, 0.29) is 47.9 Å². The van der Waals surface area contributed by atoms with Crippen LogP contribution in [0.25, 0.3) is 0 Å². The van der Waals surface area contributed by atoms with Gasteiger partial charge in [0.2, 0.25) is 11.5 Å². The number of alkyl halides is 3. The summed E-state index contributed by atoms with van der Waals surface area (Å²) >= 11 is 5.94. The minimum absolute atomic E-state index is 0.0883. The Morgan fingerprint density at radius 2 is 1.79 bits per heavy atom. The average Bonchev–Trinajstić information content (AvgIpc) is 2.86. The highest BCUT2D eigenvalue weighted by atomic mass is 35.5. The van der Waals surface area contributed by atoms with Gasteiger partial charge < -0.3 is 14.4 Å². The van der Waals surface area contributed by atoms with Crippen molar-refractivity contribution in [1.82, 2.24) is 4.90 Å². The van der Waals surface area contributed by atoms with Crippen molar-refractivity contribution >= 4 is 29.0 Å². The van der Waals surface area contributed by atoms with Gasteiger partial charge in [-0.05, 0) is 42.5 Å². The van der Waals surface area contributed by atoms with Gasteiger partial charge in [0.05, 0.1) is 15.5 Å². The van der Waals surface area contributed by atoms with Crippen LogP contribution >= 0.6 is 11.6 Å². The van der Waals surface area contributed by atoms with E-state index in [9.17, 15) is 38.1 Å². The molecule has 39 heavy (non-hydrogen) atoms. The van der Waals surface area contributed by atoms with E-state index in [1.54, 1.807) is 6.07 Å². The van der Waals surface area contributed by atoms with Crippen molar-refractivity contribution in [3.8, 4) is 23.3 Å². The number of nitriles is 1. The molecule has 3 atom stereocenters. The Morgan fingerprint density at radius 1 is 1.15 bits per heavy atom. The van der Waals surface area contributed by atoms with Gasteiger partial charge in [0, 0.05) is 31.6 Å². The van der Waals surface area contributed by atoms with Crippen LogP contribution in [0.15, 0.2) is 36.4 Å². The number of ether oxygens (including phenoxy) is 2. The average molecular weight is 568 g/mol. The summed E-state index contributed by atoms with van der Waals surface area (Å²) in [5, 5.41) is 21.4. The minimum Gasteiger partial charge on any atom is -0.456 e. The topological polar surface area (TPSA) is 123 Å². The normalized spacial score (nSPS) is 19.0. The third-order valence-corrected chi connectivity index (χ3v) is 6.50. The third kappa shape index (κ3) is 6.42. The van der Waals surface area contributed by atoms with E-state index >= 15 is 0 Å². The quantitative estimate of drug-likeness (QED) is 0.212. The smallest absolute Gasteiger partial charge is 0.416 e. The molecule has 1 fully saturated rings. The van der Waals surface area contributed by atoms with E-state index in [0.29, 0.717) is 6.07 Å². The van der Waals surface area contributed by atoms with Crippen LogP contribution in [0.5, 0.6) is 17.2 Å². The SMILES string of the molecule is CCC(=O)C(C#N)(Oc1cc(Oc2ccc(C(F)(F)F)cc2Cl)ccc1[N+](=O)[O-])C(=O)N1CC(C)CC(C)C1. The first-order valence-electron chi connectivity index (χ1n) is 12.0. The first-order valence-corrected chi connectivity index (χ1v) is 12.4. The number of ketones is 1. The molecule has 2 aromatic carbocycles. The van der Waals surface area contributed by atoms with Crippen molar-refractivity contribution < 1.29 is 37.2 Å². The van der Waals surface area contributed by atoms with Gasteiger partial charge in [-0.3, -0.25) is 19.7 Å². The molecular weight excluding hydrogens is 543 g/mol. The van der Waals surface area contributed by atoms with Crippen LogP contribution in [-0.4, -0.2) is 40.2 Å². The molecular formula is C26H25ClF3N3O6. The second-order valence-corrected chi connectivity index (χ2v) is 9.87. The number of hydrogen-bond donors (Lipinski definition) is 0. The maximum Gasteiger partial charge on any atom is 0.416 e. The summed E-state index contributed by atoms with van der Waals surface area (Å²) in [6.07, 6.45) is -4.08. The number of Topliss-reactive ketones (excluding diaryl/α,β-unsaturated/α-hetero) is 1. The molecule has 1 amide bonds. The van der Waals surface area contributed by atoms with Crippen molar-refractivity contribution in [2.45, 2.75) is 45.4 Å². The molecule has 2 aromatic rings. The second kappa shape index (κ2) is 11.5. The third-order valence-electron chi connectivity index (χ3n) is 6.21. The molecule has 0 aromatic heterocycles. The number of hydrogen-bond acceptors (Lipinski definition) is 7. The van der Waals surface area contributed by atoms with Gasteiger partial charge in [0.15, 0.2) is 0 Å². The number of benzene rings is 2. The summed E-state index contributed by atoms with van der Waals surface area (Å²) in [5.74, 6) is -2.63. The summed E-state index contributed by atoms with van der Waals surface area (Å²) in [6.45, 7) is 5.80. The van der Waals surface area contributed by atoms with Crippen LogP contribution in [-0.2, 0) is 15.8 Å². The molecule has 208 valence electrons. The predicted molar refractivity (Wildman–Crippen MR) is 133 cm³/mol. The van der Waals surface area contributed by atoms with E-state index < -0.39 is 45.4 Å². The lowest BCUT2D eigenvalue weighted by Gasteiger charge is -2.38. The summed E-state index contributed by atoms with van der Waals surface area (Å²) < 4.78 is 50.1. The number of nitro benzene ring substituents is 1. The molecule has 0 spiro atoms. The van der Waals surface area contributed by atoms with E-state index in [2.05, 4.69) is 0 Å². The number of halogens is 4. The van der Waals surface area contributed by atoms with Crippen molar-refractivity contribution in [1.29, 1.82) is 5.26 Å². The molecule has 3 unspecified atom stereocenters. The van der Waals surface area contributed by atoms with Gasteiger partial charge in [-0.2, -0.15) is 18.4 Å². The summed E-state index contributed by atoms with van der Waals surface area (Å²) in [5.41, 5.74) is -4.39. The highest BCUT2D eigenvalue weighted by Crippen LogP contribution is 2.40. The van der Waals surface area contributed by atoms with Gasteiger partial charge in [0.1, 0.15) is 17.6 Å². The summed E-state index contributed by atoms with van der Waals surface area (Å²) in [7, 11) is 0. The zero-order valence-electron chi connectivity index (χ0n) is 21.3. The van der Waals surface area contributed by atoms with Gasteiger partial charge in [-0.1, -0.05) is 32.4 Å². The zero-order chi connectivity index (χ0) is 29.1. The Balaban J connectivity index is 2.03. The Morgan fingerprint density at radius 3 is 2.31 bits per heavy atom. The Bertz CT molecular complexity index is 1320. The number of carbonyl (C=O) groups is 2. The van der Waals surface area contributed by atoms with Crippen molar-refractivity contribution in [3.05, 3.63) is 57.1 Å². The van der Waals surface area contributed by atoms with Gasteiger partial charge >= 0.3 is 17.5 Å². The number of amides is 1. The highest BCUT2D eigenvalue weighted by molar-refractivity contribution is 6.32. The molecule has 1 aliphatic heterocycles. The highest BCUT2D eigenvalue weighted by Gasteiger charge is 2.52. The van der Waals surface area contributed by atoms with Gasteiger partial charge in [-0.15, -0.1) is 0 Å². The second-order valence-electron chi connectivity index (χ2n) is 9.46. The molecule has 1 heterocycles. The van der Waals surface area contributed by atoms with Crippen molar-refractivity contribution in [3.63, 3.8) is 0 Å². The molecule has 3 rings (SSSR count). The standard InChI is InChI=1S/C26H25ClF3N3O6/c1-4-23(34)25(14-31,24(35)32-12-15(2)9-16(3)13-32)39-22-11-18(6-7-20(22)33(36)37)38-21-8-5-17(10-19(21)27)26(28,29)30/h5-8,10-11,15-16H,4,9,12-13H2,1-3H3. The van der Waals surface area contributed by atoms with Crippen LogP contribution < -0.4 is 9.47 Å². The van der Waals surface area contributed by atoms with Gasteiger partial charge in [0.25, 0.3) is 5.91 Å². The monoisotopic (exact) mass is 567 g/mol. The van der Waals surface area contributed by atoms with Crippen LogP contribution in [0.2, 0.25) is 5.02 Å². The van der Waals surface area contributed by atoms with Crippen LogP contribution in [0.3, 0.4) is 0 Å². The molecule has 9 nitrogen and oxygen atoms in total. The lowest BCUT2D eigenvalue weighted by atomic mass is 9.89. The number of piperidine rings is 1. The summed E-state index contributed by atoms with van der Waals surface area (Å²) in [6, 6.07) is 7.07. The maximum atomic E-state index is 13.6. The number of nitro groups is 1. The molecule has 0 saturated carbocycles. The molecule has 1 saturated heterocycles. The molecule has 0 radical (unpaired) electrons. The fourth-order valence-corrected chi connectivity index (χ4v) is 4.71. The van der Waals surface area contributed by atoms with E-state index in [0.717, 1.165) is 36.8 Å². The fraction of sp³-hybridized carbons (Fsp3) is 0.423. The Hall–Kier alpha value is -3.85. The van der Waals surface area contributed by atoms with E-state index in [1.165, 1.54) is 11.8 Å². The zero-order valence-corrected chi connectivity index (χ0v) is 22.0. The maximum absolute atomic E-state index is 13.6. The van der Waals surface area contributed by atoms with E-state index in [4.69, 9.17) is 21.1 Å². The predicted octanol–water partition coefficient (Wildman–Crippen LogP) is 6.18. The number of carbonyl (C=O) groups excluding carboxylic acids is 2. The lowest BCUT2D eigenvalue weighted by Crippen LogP contribution is -2.59. The first kappa shape index (κ1) is 29.7. The number of likely N-dealkylation sites (tertiary alicyclic amines) is 1. The molecule has 0 aliphatic carbocycles. The molecule has 0 bridgehead atoms.